The third-order valence-electron chi connectivity index (χ3n) is 5.30. The molecule has 3 heterocycles. The van der Waals surface area contributed by atoms with Gasteiger partial charge in [0.1, 0.15) is 5.82 Å². The Kier molecular flexibility index (Phi) is 6.10. The van der Waals surface area contributed by atoms with E-state index in [2.05, 4.69) is 10.3 Å². The SMILES string of the molecule is CC(=O)NC1CCCN(C(=O)C2CCCN(c3ncccc3C(F)(F)F)C2)C1. The number of piperidine rings is 2. The quantitative estimate of drug-likeness (QED) is 0.850. The molecule has 2 atom stereocenters. The number of hydrogen-bond acceptors (Lipinski definition) is 4. The lowest BCUT2D eigenvalue weighted by atomic mass is 9.94. The predicted octanol–water partition coefficient (Wildman–Crippen LogP) is 2.44. The zero-order valence-electron chi connectivity index (χ0n) is 15.8. The Morgan fingerprint density at radius 1 is 1.18 bits per heavy atom. The van der Waals surface area contributed by atoms with Crippen molar-refractivity contribution in [2.45, 2.75) is 44.8 Å². The Balaban J connectivity index is 1.70. The van der Waals surface area contributed by atoms with E-state index >= 15 is 0 Å². The number of halogens is 3. The molecule has 6 nitrogen and oxygen atoms in total. The fourth-order valence-electron chi connectivity index (χ4n) is 4.08. The Morgan fingerprint density at radius 2 is 1.93 bits per heavy atom. The Morgan fingerprint density at radius 3 is 2.64 bits per heavy atom. The summed E-state index contributed by atoms with van der Waals surface area (Å²) in [6.07, 6.45) is -0.246. The van der Waals surface area contributed by atoms with Crippen molar-refractivity contribution in [3.8, 4) is 0 Å². The maximum atomic E-state index is 13.3. The van der Waals surface area contributed by atoms with E-state index in [-0.39, 0.29) is 36.1 Å². The van der Waals surface area contributed by atoms with E-state index in [1.54, 1.807) is 9.80 Å². The van der Waals surface area contributed by atoms with Crippen molar-refractivity contribution >= 4 is 17.6 Å². The zero-order valence-corrected chi connectivity index (χ0v) is 15.8. The number of likely N-dealkylation sites (tertiary alicyclic amines) is 1. The number of aromatic nitrogens is 1. The highest BCUT2D eigenvalue weighted by Gasteiger charge is 2.38. The summed E-state index contributed by atoms with van der Waals surface area (Å²) >= 11 is 0. The number of nitrogens with one attached hydrogen (secondary N) is 1. The van der Waals surface area contributed by atoms with Gasteiger partial charge in [-0.2, -0.15) is 13.2 Å². The smallest absolute Gasteiger partial charge is 0.355 e. The van der Waals surface area contributed by atoms with Crippen LogP contribution in [-0.4, -0.2) is 53.9 Å². The minimum absolute atomic E-state index is 0.0516. The van der Waals surface area contributed by atoms with Crippen LogP contribution in [-0.2, 0) is 15.8 Å². The highest BCUT2D eigenvalue weighted by atomic mass is 19.4. The van der Waals surface area contributed by atoms with Crippen molar-refractivity contribution in [1.82, 2.24) is 15.2 Å². The number of alkyl halides is 3. The first kappa shape index (κ1) is 20.4. The molecule has 0 saturated carbocycles. The van der Waals surface area contributed by atoms with Gasteiger partial charge in [-0.15, -0.1) is 0 Å². The summed E-state index contributed by atoms with van der Waals surface area (Å²) < 4.78 is 40.0. The van der Waals surface area contributed by atoms with Crippen LogP contribution in [0.1, 0.15) is 38.2 Å². The summed E-state index contributed by atoms with van der Waals surface area (Å²) in [4.78, 5) is 31.5. The van der Waals surface area contributed by atoms with E-state index in [0.717, 1.165) is 18.9 Å². The van der Waals surface area contributed by atoms with Crippen LogP contribution < -0.4 is 10.2 Å². The second-order valence-corrected chi connectivity index (χ2v) is 7.48. The van der Waals surface area contributed by atoms with Crippen molar-refractivity contribution in [2.24, 2.45) is 5.92 Å². The van der Waals surface area contributed by atoms with Crippen LogP contribution >= 0.6 is 0 Å². The third kappa shape index (κ3) is 4.74. The summed E-state index contributed by atoms with van der Waals surface area (Å²) in [6, 6.07) is 2.23. The molecule has 9 heteroatoms. The van der Waals surface area contributed by atoms with Gasteiger partial charge in [-0.1, -0.05) is 0 Å². The van der Waals surface area contributed by atoms with Crippen LogP contribution in [0.4, 0.5) is 19.0 Å². The molecule has 2 unspecified atom stereocenters. The van der Waals surface area contributed by atoms with Crippen LogP contribution in [0.2, 0.25) is 0 Å². The van der Waals surface area contributed by atoms with E-state index in [1.807, 2.05) is 0 Å². The van der Waals surface area contributed by atoms with Gasteiger partial charge in [0.05, 0.1) is 11.5 Å². The summed E-state index contributed by atoms with van der Waals surface area (Å²) in [6.45, 7) is 3.18. The highest BCUT2D eigenvalue weighted by molar-refractivity contribution is 5.80. The average molecular weight is 398 g/mol. The van der Waals surface area contributed by atoms with Gasteiger partial charge in [-0.25, -0.2) is 4.98 Å². The molecule has 1 aromatic heterocycles. The molecule has 2 saturated heterocycles. The standard InChI is InChI=1S/C19H25F3N4O2/c1-13(27)24-15-6-4-10-26(12-15)18(28)14-5-3-9-25(11-14)17-16(19(20,21)22)7-2-8-23-17/h2,7-8,14-15H,3-6,9-12H2,1H3,(H,24,27). The number of nitrogens with zero attached hydrogens (tertiary/aromatic N) is 3. The maximum Gasteiger partial charge on any atom is 0.419 e. The Hall–Kier alpha value is -2.32. The summed E-state index contributed by atoms with van der Waals surface area (Å²) in [7, 11) is 0. The number of anilines is 1. The molecule has 0 radical (unpaired) electrons. The van der Waals surface area contributed by atoms with Crippen molar-refractivity contribution < 1.29 is 22.8 Å². The number of rotatable bonds is 3. The molecule has 2 amide bonds. The van der Waals surface area contributed by atoms with Crippen molar-refractivity contribution in [1.29, 1.82) is 0 Å². The van der Waals surface area contributed by atoms with Crippen LogP contribution in [0.25, 0.3) is 0 Å². The van der Waals surface area contributed by atoms with Crippen molar-refractivity contribution in [3.05, 3.63) is 23.9 Å². The second kappa shape index (κ2) is 8.36. The van der Waals surface area contributed by atoms with Crippen LogP contribution in [0.3, 0.4) is 0 Å². The molecular formula is C19H25F3N4O2. The number of carbonyl (C=O) groups excluding carboxylic acids is 2. The number of carbonyl (C=O) groups is 2. The lowest BCUT2D eigenvalue weighted by molar-refractivity contribution is -0.138. The molecule has 2 fully saturated rings. The fourth-order valence-corrected chi connectivity index (χ4v) is 4.08. The van der Waals surface area contributed by atoms with E-state index in [0.29, 0.717) is 32.5 Å². The molecule has 0 spiro atoms. The van der Waals surface area contributed by atoms with Gasteiger partial charge in [-0.3, -0.25) is 9.59 Å². The van der Waals surface area contributed by atoms with Gasteiger partial charge in [-0.05, 0) is 37.8 Å². The van der Waals surface area contributed by atoms with Crippen LogP contribution in [0.5, 0.6) is 0 Å². The molecule has 1 N–H and O–H groups in total. The van der Waals surface area contributed by atoms with Gasteiger partial charge >= 0.3 is 6.18 Å². The average Bonchev–Trinajstić information content (AvgIpc) is 2.66. The molecule has 2 aliphatic rings. The van der Waals surface area contributed by atoms with E-state index in [9.17, 15) is 22.8 Å². The summed E-state index contributed by atoms with van der Waals surface area (Å²) in [5, 5.41) is 2.85. The minimum atomic E-state index is -4.49. The third-order valence-corrected chi connectivity index (χ3v) is 5.30. The molecule has 0 aromatic carbocycles. The van der Waals surface area contributed by atoms with Crippen molar-refractivity contribution in [3.63, 3.8) is 0 Å². The molecular weight excluding hydrogens is 373 g/mol. The normalized spacial score (nSPS) is 23.4. The van der Waals surface area contributed by atoms with E-state index in [4.69, 9.17) is 0 Å². The maximum absolute atomic E-state index is 13.3. The van der Waals surface area contributed by atoms with Gasteiger partial charge in [0.2, 0.25) is 11.8 Å². The largest absolute Gasteiger partial charge is 0.419 e. The number of pyridine rings is 1. The minimum Gasteiger partial charge on any atom is -0.355 e. The molecule has 28 heavy (non-hydrogen) atoms. The molecule has 1 aromatic rings. The van der Waals surface area contributed by atoms with Gasteiger partial charge in [0.25, 0.3) is 0 Å². The predicted molar refractivity (Wildman–Crippen MR) is 97.6 cm³/mol. The molecule has 2 aliphatic heterocycles. The summed E-state index contributed by atoms with van der Waals surface area (Å²) in [5.41, 5.74) is -0.771. The molecule has 0 aliphatic carbocycles. The highest BCUT2D eigenvalue weighted by Crippen LogP contribution is 2.36. The van der Waals surface area contributed by atoms with Gasteiger partial charge in [0.15, 0.2) is 0 Å². The first-order valence-corrected chi connectivity index (χ1v) is 9.58. The lowest BCUT2D eigenvalue weighted by Crippen LogP contribution is -2.52. The van der Waals surface area contributed by atoms with Crippen LogP contribution in [0, 0.1) is 5.92 Å². The first-order chi connectivity index (χ1) is 13.3. The monoisotopic (exact) mass is 398 g/mol. The van der Waals surface area contributed by atoms with Gasteiger partial charge in [0, 0.05) is 45.3 Å². The van der Waals surface area contributed by atoms with Gasteiger partial charge < -0.3 is 15.1 Å². The fraction of sp³-hybridized carbons (Fsp3) is 0.632. The Labute approximate surface area is 162 Å². The zero-order chi connectivity index (χ0) is 20.3. The van der Waals surface area contributed by atoms with E-state index < -0.39 is 11.7 Å². The lowest BCUT2D eigenvalue weighted by Gasteiger charge is -2.39. The molecule has 154 valence electrons. The second-order valence-electron chi connectivity index (χ2n) is 7.48. The molecule has 0 bridgehead atoms. The number of amides is 2. The van der Waals surface area contributed by atoms with E-state index in [1.165, 1.54) is 19.2 Å². The van der Waals surface area contributed by atoms with Crippen LogP contribution in [0.15, 0.2) is 18.3 Å². The van der Waals surface area contributed by atoms with Crippen molar-refractivity contribution in [2.75, 3.05) is 31.1 Å². The number of hydrogen-bond donors (Lipinski definition) is 1. The Bertz CT molecular complexity index is 725. The molecule has 3 rings (SSSR count). The summed E-state index contributed by atoms with van der Waals surface area (Å²) in [5.74, 6) is -0.655. The first-order valence-electron chi connectivity index (χ1n) is 9.58. The topological polar surface area (TPSA) is 65.5 Å².